The molecule has 192 valence electrons. The van der Waals surface area contributed by atoms with E-state index in [0.29, 0.717) is 5.56 Å². The molecule has 1 aromatic heterocycles. The number of fused-ring (bicyclic) bond motifs is 1. The molecule has 2 aromatic rings. The monoisotopic (exact) mass is 554 g/mol. The number of halogens is 1. The minimum Gasteiger partial charge on any atom is -0.334 e. The third kappa shape index (κ3) is 4.94. The molecule has 2 unspecified atom stereocenters. The van der Waals surface area contributed by atoms with Crippen LogP contribution in [0, 0.1) is 17.7 Å². The fraction of sp³-hybridized carbons (Fsp3) is 0.409. The van der Waals surface area contributed by atoms with Gasteiger partial charge < -0.3 is 10.2 Å². The Morgan fingerprint density at radius 1 is 1.22 bits per heavy atom. The van der Waals surface area contributed by atoms with E-state index in [9.17, 15) is 30.8 Å². The summed E-state index contributed by atoms with van der Waals surface area (Å²) in [5.41, 5.74) is 0.905. The molecular weight excluding hydrogens is 531 g/mol. The number of nitrogens with zero attached hydrogens (tertiary/aromatic N) is 2. The second-order valence-electron chi connectivity index (χ2n) is 9.19. The predicted octanol–water partition coefficient (Wildman–Crippen LogP) is 1.85. The molecule has 2 fully saturated rings. The lowest BCUT2D eigenvalue weighted by Crippen LogP contribution is -2.56. The largest absolute Gasteiger partial charge is 0.334 e. The highest BCUT2D eigenvalue weighted by Crippen LogP contribution is 2.42. The van der Waals surface area contributed by atoms with Gasteiger partial charge in [0.05, 0.1) is 6.26 Å². The van der Waals surface area contributed by atoms with E-state index in [-0.39, 0.29) is 52.8 Å². The smallest absolute Gasteiger partial charge is 0.287 e. The van der Waals surface area contributed by atoms with Gasteiger partial charge in [-0.2, -0.15) is 8.42 Å². The number of rotatable bonds is 7. The number of Topliss-reactive ketones (excluding diaryl/α,β-unsaturated/α-hetero) is 1. The first-order valence-electron chi connectivity index (χ1n) is 11.2. The van der Waals surface area contributed by atoms with E-state index in [4.69, 9.17) is 0 Å². The SMILES string of the molecule is CS(=O)(=O)NCc1csc2c1S(=O)(=O)N=C(C1C(=O)CC(C3CC3)N(Cc3ccc(F)cc3)C1=O)N2. The first-order chi connectivity index (χ1) is 16.9. The van der Waals surface area contributed by atoms with Crippen LogP contribution in [0.4, 0.5) is 9.39 Å². The van der Waals surface area contributed by atoms with Gasteiger partial charge in [-0.15, -0.1) is 15.7 Å². The lowest BCUT2D eigenvalue weighted by atomic mass is 9.87. The normalized spacial score (nSPS) is 23.7. The number of piperidine rings is 1. The standard InChI is InChI=1S/C22H23FN4O6S3/c1-35(30,31)24-9-14-11-34-21-19(14)36(32,33)26-20(25-21)18-17(28)8-16(13-4-5-13)27(22(18)29)10-12-2-6-15(23)7-3-12/h2-3,6-7,11,13,16,18,24H,4-5,8-10H2,1H3,(H,25,26). The summed E-state index contributed by atoms with van der Waals surface area (Å²) in [4.78, 5) is 28.2. The van der Waals surface area contributed by atoms with Crippen molar-refractivity contribution in [2.45, 2.75) is 43.3 Å². The molecule has 1 saturated carbocycles. The average molecular weight is 555 g/mol. The van der Waals surface area contributed by atoms with Gasteiger partial charge in [-0.05, 0) is 41.8 Å². The van der Waals surface area contributed by atoms with Gasteiger partial charge in [0.1, 0.15) is 21.5 Å². The summed E-state index contributed by atoms with van der Waals surface area (Å²) in [5, 5.41) is 4.50. The lowest BCUT2D eigenvalue weighted by molar-refractivity contribution is -0.147. The molecule has 1 saturated heterocycles. The number of hydrogen-bond donors (Lipinski definition) is 2. The molecule has 3 aliphatic rings. The molecule has 1 aliphatic carbocycles. The number of benzene rings is 1. The van der Waals surface area contributed by atoms with Crippen LogP contribution in [0.25, 0.3) is 0 Å². The van der Waals surface area contributed by atoms with Gasteiger partial charge in [-0.3, -0.25) is 9.59 Å². The summed E-state index contributed by atoms with van der Waals surface area (Å²) < 4.78 is 68.4. The summed E-state index contributed by atoms with van der Waals surface area (Å²) in [7, 11) is -7.86. The molecule has 0 spiro atoms. The average Bonchev–Trinajstić information content (AvgIpc) is 3.54. The van der Waals surface area contributed by atoms with Crippen molar-refractivity contribution >= 4 is 53.9 Å². The Labute approximate surface area is 211 Å². The number of carbonyl (C=O) groups excluding carboxylic acids is 2. The summed E-state index contributed by atoms with van der Waals surface area (Å²) in [6.07, 6.45) is 2.82. The number of carbonyl (C=O) groups is 2. The molecule has 1 aromatic carbocycles. The minimum absolute atomic E-state index is 0.0733. The number of hydrogen-bond acceptors (Lipinski definition) is 8. The fourth-order valence-electron chi connectivity index (χ4n) is 4.58. The number of likely N-dealkylation sites (tertiary alicyclic amines) is 1. The highest BCUT2D eigenvalue weighted by molar-refractivity contribution is 7.91. The van der Waals surface area contributed by atoms with Gasteiger partial charge in [-0.1, -0.05) is 12.1 Å². The molecule has 10 nitrogen and oxygen atoms in total. The number of sulfonamides is 2. The Hall–Kier alpha value is -2.68. The summed E-state index contributed by atoms with van der Waals surface area (Å²) in [6, 6.07) is 5.43. The summed E-state index contributed by atoms with van der Waals surface area (Å²) in [6.45, 7) is -0.0815. The summed E-state index contributed by atoms with van der Waals surface area (Å²) >= 11 is 1.02. The van der Waals surface area contributed by atoms with E-state index in [1.165, 1.54) is 17.5 Å². The number of thiophene rings is 1. The molecule has 2 N–H and O–H groups in total. The van der Waals surface area contributed by atoms with Gasteiger partial charge in [0.2, 0.25) is 15.9 Å². The molecule has 3 heterocycles. The maximum absolute atomic E-state index is 13.6. The Bertz CT molecular complexity index is 1480. The highest BCUT2D eigenvalue weighted by atomic mass is 32.2. The van der Waals surface area contributed by atoms with Crippen LogP contribution in [0.3, 0.4) is 0 Å². The first-order valence-corrected chi connectivity index (χ1v) is 15.4. The van der Waals surface area contributed by atoms with Crippen LogP contribution in [0.5, 0.6) is 0 Å². The summed E-state index contributed by atoms with van der Waals surface area (Å²) in [5.74, 6) is -2.85. The van der Waals surface area contributed by atoms with Crippen LogP contribution < -0.4 is 10.0 Å². The van der Waals surface area contributed by atoms with Gasteiger partial charge in [-0.25, -0.2) is 17.5 Å². The van der Waals surface area contributed by atoms with Gasteiger partial charge in [0.25, 0.3) is 10.0 Å². The number of amides is 1. The quantitative estimate of drug-likeness (QED) is 0.498. The molecule has 14 heteroatoms. The molecule has 36 heavy (non-hydrogen) atoms. The van der Waals surface area contributed by atoms with Crippen LogP contribution >= 0.6 is 11.3 Å². The van der Waals surface area contributed by atoms with E-state index in [1.807, 2.05) is 0 Å². The molecule has 2 aliphatic heterocycles. The number of ketones is 1. The van der Waals surface area contributed by atoms with Crippen molar-refractivity contribution in [2.75, 3.05) is 11.6 Å². The maximum Gasteiger partial charge on any atom is 0.287 e. The van der Waals surface area contributed by atoms with E-state index in [2.05, 4.69) is 14.4 Å². The Morgan fingerprint density at radius 2 is 1.92 bits per heavy atom. The van der Waals surface area contributed by atoms with Crippen molar-refractivity contribution in [1.82, 2.24) is 9.62 Å². The zero-order chi connectivity index (χ0) is 25.8. The van der Waals surface area contributed by atoms with E-state index < -0.39 is 43.5 Å². The second-order valence-corrected chi connectivity index (χ2v) is 13.4. The fourth-order valence-corrected chi connectivity index (χ4v) is 7.64. The number of amidine groups is 1. The zero-order valence-electron chi connectivity index (χ0n) is 19.1. The van der Waals surface area contributed by atoms with E-state index in [0.717, 1.165) is 30.4 Å². The highest BCUT2D eigenvalue weighted by Gasteiger charge is 2.50. The lowest BCUT2D eigenvalue weighted by Gasteiger charge is -2.39. The van der Waals surface area contributed by atoms with E-state index >= 15 is 0 Å². The van der Waals surface area contributed by atoms with Crippen LogP contribution in [0.1, 0.15) is 30.4 Å². The topological polar surface area (TPSA) is 142 Å². The molecule has 0 radical (unpaired) electrons. The van der Waals surface area contributed by atoms with Crippen molar-refractivity contribution in [2.24, 2.45) is 16.2 Å². The third-order valence-electron chi connectivity index (χ3n) is 6.43. The molecule has 1 amide bonds. The molecule has 2 atom stereocenters. The van der Waals surface area contributed by atoms with Crippen molar-refractivity contribution in [3.8, 4) is 0 Å². The van der Waals surface area contributed by atoms with Gasteiger partial charge >= 0.3 is 0 Å². The molecular formula is C22H23FN4O6S3. The minimum atomic E-state index is -4.30. The molecule has 0 bridgehead atoms. The third-order valence-corrected chi connectivity index (χ3v) is 9.59. The van der Waals surface area contributed by atoms with Gasteiger partial charge in [0.15, 0.2) is 11.7 Å². The van der Waals surface area contributed by atoms with Crippen LogP contribution in [0.2, 0.25) is 0 Å². The first kappa shape index (κ1) is 25.0. The predicted molar refractivity (Wildman–Crippen MR) is 131 cm³/mol. The second kappa shape index (κ2) is 9.01. The van der Waals surface area contributed by atoms with Crippen LogP contribution in [0.15, 0.2) is 38.9 Å². The Kier molecular flexibility index (Phi) is 6.25. The van der Waals surface area contributed by atoms with Crippen molar-refractivity contribution < 1.29 is 30.8 Å². The van der Waals surface area contributed by atoms with E-state index in [1.54, 1.807) is 17.0 Å². The van der Waals surface area contributed by atoms with Gasteiger partial charge in [0, 0.05) is 31.1 Å². The van der Waals surface area contributed by atoms with Crippen molar-refractivity contribution in [3.63, 3.8) is 0 Å². The van der Waals surface area contributed by atoms with Crippen LogP contribution in [-0.4, -0.2) is 51.6 Å². The Balaban J connectivity index is 1.45. The molecule has 5 rings (SSSR count). The Morgan fingerprint density at radius 3 is 2.56 bits per heavy atom. The maximum atomic E-state index is 13.6. The zero-order valence-corrected chi connectivity index (χ0v) is 21.6. The number of anilines is 1. The number of nitrogens with one attached hydrogen (secondary N) is 2. The van der Waals surface area contributed by atoms with Crippen LogP contribution in [-0.2, 0) is 42.7 Å². The van der Waals surface area contributed by atoms with Crippen molar-refractivity contribution in [3.05, 3.63) is 46.6 Å². The van der Waals surface area contributed by atoms with Crippen molar-refractivity contribution in [1.29, 1.82) is 0 Å².